The van der Waals surface area contributed by atoms with Crippen LogP contribution in [0.2, 0.25) is 0 Å². The van der Waals surface area contributed by atoms with Crippen molar-refractivity contribution in [2.24, 2.45) is 0 Å². The average molecular weight is 432 g/mol. The van der Waals surface area contributed by atoms with Crippen molar-refractivity contribution < 1.29 is 9.53 Å². The first-order valence-corrected chi connectivity index (χ1v) is 10.1. The van der Waals surface area contributed by atoms with Crippen LogP contribution in [0, 0.1) is 6.92 Å². The molecule has 0 amide bonds. The molecule has 4 heteroatoms. The van der Waals surface area contributed by atoms with Crippen LogP contribution in [0.25, 0.3) is 10.9 Å². The van der Waals surface area contributed by atoms with Gasteiger partial charge in [-0.1, -0.05) is 64.5 Å². The van der Waals surface area contributed by atoms with Crippen LogP contribution in [0.5, 0.6) is 5.75 Å². The first-order valence-electron chi connectivity index (χ1n) is 9.27. The van der Waals surface area contributed by atoms with Crippen LogP contribution >= 0.6 is 15.9 Å². The average Bonchev–Trinajstić information content (AvgIpc) is 3.20. The molecule has 1 aromatic heterocycles. The molecule has 0 unspecified atom stereocenters. The second kappa shape index (κ2) is 6.64. The number of ether oxygens (including phenoxy) is 1. The molecule has 0 bridgehead atoms. The van der Waals surface area contributed by atoms with Gasteiger partial charge in [-0.15, -0.1) is 0 Å². The lowest BCUT2D eigenvalue weighted by Gasteiger charge is -2.23. The Kier molecular flexibility index (Phi) is 4.09. The SMILES string of the molecule is Cc1[nH]c2ccccc2c1[C@H](c1ccc(Br)cc1)[C@H]1C(=O)Oc2ccccc21. The van der Waals surface area contributed by atoms with Crippen LogP contribution in [0.1, 0.15) is 34.2 Å². The predicted octanol–water partition coefficient (Wildman–Crippen LogP) is 6.07. The molecule has 3 nitrogen and oxygen atoms in total. The number of carbonyl (C=O) groups is 1. The Bertz CT molecular complexity index is 1190. The van der Waals surface area contributed by atoms with Gasteiger partial charge < -0.3 is 9.72 Å². The summed E-state index contributed by atoms with van der Waals surface area (Å²) in [5, 5.41) is 1.14. The summed E-state index contributed by atoms with van der Waals surface area (Å²) in [4.78, 5) is 16.5. The predicted molar refractivity (Wildman–Crippen MR) is 114 cm³/mol. The van der Waals surface area contributed by atoms with Crippen LogP contribution in [0.3, 0.4) is 0 Å². The van der Waals surface area contributed by atoms with E-state index < -0.39 is 0 Å². The number of hydrogen-bond donors (Lipinski definition) is 1. The van der Waals surface area contributed by atoms with Gasteiger partial charge in [0, 0.05) is 32.6 Å². The van der Waals surface area contributed by atoms with E-state index in [4.69, 9.17) is 4.74 Å². The quantitative estimate of drug-likeness (QED) is 0.315. The molecule has 0 spiro atoms. The van der Waals surface area contributed by atoms with Crippen LogP contribution in [0.15, 0.2) is 77.3 Å². The third-order valence-corrected chi connectivity index (χ3v) is 6.06. The minimum absolute atomic E-state index is 0.139. The van der Waals surface area contributed by atoms with Gasteiger partial charge in [0.15, 0.2) is 0 Å². The molecule has 0 radical (unpaired) electrons. The van der Waals surface area contributed by atoms with Gasteiger partial charge in [-0.3, -0.25) is 4.79 Å². The van der Waals surface area contributed by atoms with E-state index in [9.17, 15) is 4.79 Å². The van der Waals surface area contributed by atoms with Gasteiger partial charge in [-0.05, 0) is 42.3 Å². The molecule has 2 atom stereocenters. The van der Waals surface area contributed by atoms with E-state index in [2.05, 4.69) is 52.1 Å². The molecule has 1 aliphatic heterocycles. The third-order valence-electron chi connectivity index (χ3n) is 5.54. The molecule has 0 saturated carbocycles. The number of nitrogens with one attached hydrogen (secondary N) is 1. The molecule has 3 aromatic carbocycles. The molecule has 0 saturated heterocycles. The van der Waals surface area contributed by atoms with Crippen molar-refractivity contribution in [1.29, 1.82) is 0 Å². The van der Waals surface area contributed by atoms with Gasteiger partial charge in [-0.2, -0.15) is 0 Å². The summed E-state index contributed by atoms with van der Waals surface area (Å²) in [6, 6.07) is 24.2. The highest BCUT2D eigenvalue weighted by Gasteiger charge is 2.41. The molecule has 1 aliphatic rings. The molecular formula is C24H18BrNO2. The summed E-state index contributed by atoms with van der Waals surface area (Å²) in [6.07, 6.45) is 0. The van der Waals surface area contributed by atoms with Crippen LogP contribution in [-0.4, -0.2) is 11.0 Å². The number of esters is 1. The van der Waals surface area contributed by atoms with Crippen molar-refractivity contribution in [1.82, 2.24) is 4.98 Å². The molecule has 138 valence electrons. The largest absolute Gasteiger partial charge is 0.426 e. The monoisotopic (exact) mass is 431 g/mol. The maximum atomic E-state index is 13.0. The molecule has 2 heterocycles. The smallest absolute Gasteiger partial charge is 0.319 e. The minimum atomic E-state index is -0.379. The normalized spacial score (nSPS) is 16.8. The zero-order chi connectivity index (χ0) is 19.3. The van der Waals surface area contributed by atoms with Crippen molar-refractivity contribution in [2.45, 2.75) is 18.8 Å². The number of benzene rings is 3. The number of halogens is 1. The van der Waals surface area contributed by atoms with Gasteiger partial charge in [-0.25, -0.2) is 0 Å². The van der Waals surface area contributed by atoms with Gasteiger partial charge in [0.05, 0.1) is 5.92 Å². The number of hydrogen-bond acceptors (Lipinski definition) is 2. The highest BCUT2D eigenvalue weighted by molar-refractivity contribution is 9.10. The summed E-state index contributed by atoms with van der Waals surface area (Å²) < 4.78 is 6.65. The third kappa shape index (κ3) is 2.68. The van der Waals surface area contributed by atoms with E-state index in [1.54, 1.807) is 0 Å². The number of para-hydroxylation sites is 2. The van der Waals surface area contributed by atoms with E-state index in [0.29, 0.717) is 5.75 Å². The highest BCUT2D eigenvalue weighted by atomic mass is 79.9. The lowest BCUT2D eigenvalue weighted by atomic mass is 9.77. The molecule has 28 heavy (non-hydrogen) atoms. The molecule has 4 aromatic rings. The van der Waals surface area contributed by atoms with Crippen molar-refractivity contribution in [2.75, 3.05) is 0 Å². The summed E-state index contributed by atoms with van der Waals surface area (Å²) >= 11 is 3.52. The van der Waals surface area contributed by atoms with Crippen LogP contribution < -0.4 is 4.74 Å². The summed E-state index contributed by atoms with van der Waals surface area (Å²) in [6.45, 7) is 2.08. The number of fused-ring (bicyclic) bond motifs is 2. The van der Waals surface area contributed by atoms with E-state index in [1.807, 2.05) is 48.5 Å². The lowest BCUT2D eigenvalue weighted by molar-refractivity contribution is -0.134. The fourth-order valence-electron chi connectivity index (χ4n) is 4.34. The minimum Gasteiger partial charge on any atom is -0.426 e. The summed E-state index contributed by atoms with van der Waals surface area (Å²) in [7, 11) is 0. The number of H-pyrrole nitrogens is 1. The van der Waals surface area contributed by atoms with E-state index in [-0.39, 0.29) is 17.8 Å². The number of aromatic nitrogens is 1. The zero-order valence-electron chi connectivity index (χ0n) is 15.3. The van der Waals surface area contributed by atoms with E-state index >= 15 is 0 Å². The zero-order valence-corrected chi connectivity index (χ0v) is 16.9. The maximum absolute atomic E-state index is 13.0. The highest BCUT2D eigenvalue weighted by Crippen LogP contribution is 2.48. The summed E-state index contributed by atoms with van der Waals surface area (Å²) in [5.41, 5.74) is 5.35. The van der Waals surface area contributed by atoms with Crippen LogP contribution in [0.4, 0.5) is 0 Å². The Morgan fingerprint density at radius 2 is 1.68 bits per heavy atom. The number of rotatable bonds is 3. The van der Waals surface area contributed by atoms with Gasteiger partial charge in [0.2, 0.25) is 0 Å². The molecule has 1 N–H and O–H groups in total. The number of aromatic amines is 1. The van der Waals surface area contributed by atoms with Crippen molar-refractivity contribution in [3.8, 4) is 5.75 Å². The van der Waals surface area contributed by atoms with Crippen molar-refractivity contribution in [3.05, 3.63) is 99.7 Å². The first-order chi connectivity index (χ1) is 13.6. The summed E-state index contributed by atoms with van der Waals surface area (Å²) in [5.74, 6) is -0.0495. The molecule has 5 rings (SSSR count). The van der Waals surface area contributed by atoms with Gasteiger partial charge >= 0.3 is 5.97 Å². The molecular weight excluding hydrogens is 414 g/mol. The Labute approximate surface area is 171 Å². The maximum Gasteiger partial charge on any atom is 0.319 e. The van der Waals surface area contributed by atoms with Gasteiger partial charge in [0.25, 0.3) is 0 Å². The number of aryl methyl sites for hydroxylation is 1. The molecule has 0 fully saturated rings. The molecule has 0 aliphatic carbocycles. The number of carbonyl (C=O) groups excluding carboxylic acids is 1. The standard InChI is InChI=1S/C24H18BrNO2/c1-14-21(17-6-2-4-8-19(17)26-14)22(15-10-12-16(25)13-11-15)23-18-7-3-5-9-20(18)28-24(23)27/h2-13,22-23,26H,1H3/t22-,23-/m0/s1. The second-order valence-corrected chi connectivity index (χ2v) is 8.09. The fourth-order valence-corrected chi connectivity index (χ4v) is 4.60. The Hall–Kier alpha value is -2.85. The van der Waals surface area contributed by atoms with E-state index in [0.717, 1.165) is 37.8 Å². The first kappa shape index (κ1) is 17.3. The van der Waals surface area contributed by atoms with Crippen LogP contribution in [-0.2, 0) is 4.79 Å². The van der Waals surface area contributed by atoms with Gasteiger partial charge in [0.1, 0.15) is 5.75 Å². The lowest BCUT2D eigenvalue weighted by Crippen LogP contribution is -2.20. The Morgan fingerprint density at radius 1 is 0.964 bits per heavy atom. The topological polar surface area (TPSA) is 42.1 Å². The fraction of sp³-hybridized carbons (Fsp3) is 0.125. The van der Waals surface area contributed by atoms with Crippen molar-refractivity contribution >= 4 is 32.8 Å². The van der Waals surface area contributed by atoms with Crippen molar-refractivity contribution in [3.63, 3.8) is 0 Å². The van der Waals surface area contributed by atoms with E-state index in [1.165, 1.54) is 0 Å². The Morgan fingerprint density at radius 3 is 2.50 bits per heavy atom. The second-order valence-electron chi connectivity index (χ2n) is 7.18. The Balaban J connectivity index is 1.78.